The zero-order valence-corrected chi connectivity index (χ0v) is 12.5. The molecule has 110 valence electrons. The van der Waals surface area contributed by atoms with Crippen LogP contribution in [-0.2, 0) is 4.79 Å². The second kappa shape index (κ2) is 6.24. The van der Waals surface area contributed by atoms with Crippen LogP contribution in [0.5, 0.6) is 0 Å². The van der Waals surface area contributed by atoms with E-state index in [1.807, 2.05) is 32.0 Å². The second-order valence-electron chi connectivity index (χ2n) is 5.58. The van der Waals surface area contributed by atoms with E-state index in [9.17, 15) is 4.79 Å². The van der Waals surface area contributed by atoms with E-state index in [-0.39, 0.29) is 11.9 Å². The molecule has 0 aromatic heterocycles. The fourth-order valence-corrected chi connectivity index (χ4v) is 2.44. The highest BCUT2D eigenvalue weighted by Crippen LogP contribution is 2.18. The molecule has 0 spiro atoms. The highest BCUT2D eigenvalue weighted by molar-refractivity contribution is 5.95. The molecule has 0 aliphatic carbocycles. The number of anilines is 2. The molecule has 5 nitrogen and oxygen atoms in total. The van der Waals surface area contributed by atoms with Crippen LogP contribution in [0, 0.1) is 6.92 Å². The van der Waals surface area contributed by atoms with Crippen molar-refractivity contribution in [1.29, 1.82) is 0 Å². The molecule has 0 radical (unpaired) electrons. The van der Waals surface area contributed by atoms with Gasteiger partial charge < -0.3 is 16.0 Å². The fourth-order valence-electron chi connectivity index (χ4n) is 2.44. The second-order valence-corrected chi connectivity index (χ2v) is 5.58. The number of aryl methyl sites for hydroxylation is 1. The Morgan fingerprint density at radius 3 is 2.55 bits per heavy atom. The number of hydrogen-bond donors (Lipinski definition) is 2. The van der Waals surface area contributed by atoms with Crippen molar-refractivity contribution in [3.63, 3.8) is 0 Å². The van der Waals surface area contributed by atoms with Crippen molar-refractivity contribution < 1.29 is 4.79 Å². The van der Waals surface area contributed by atoms with Crippen molar-refractivity contribution in [3.8, 4) is 0 Å². The van der Waals surface area contributed by atoms with Crippen LogP contribution in [0.25, 0.3) is 0 Å². The Kier molecular flexibility index (Phi) is 4.62. The number of piperazine rings is 1. The molecule has 1 saturated heterocycles. The predicted molar refractivity (Wildman–Crippen MR) is 82.8 cm³/mol. The number of benzene rings is 1. The summed E-state index contributed by atoms with van der Waals surface area (Å²) < 4.78 is 0. The van der Waals surface area contributed by atoms with E-state index < -0.39 is 0 Å². The fraction of sp³-hybridized carbons (Fsp3) is 0.533. The Balaban J connectivity index is 1.97. The molecular formula is C15H24N4O. The normalized spacial score (nSPS) is 18.8. The lowest BCUT2D eigenvalue weighted by atomic mass is 10.1. The van der Waals surface area contributed by atoms with Crippen LogP contribution in [-0.4, -0.2) is 55.0 Å². The highest BCUT2D eigenvalue weighted by atomic mass is 16.2. The molecule has 5 heteroatoms. The van der Waals surface area contributed by atoms with Gasteiger partial charge >= 0.3 is 0 Å². The molecule has 1 fully saturated rings. The summed E-state index contributed by atoms with van der Waals surface area (Å²) in [6, 6.07) is 5.43. The largest absolute Gasteiger partial charge is 0.399 e. The first-order chi connectivity index (χ1) is 9.47. The molecule has 0 bridgehead atoms. The SMILES string of the molecule is Cc1cc(N)ccc1NC(=O)C(C)N1CCN(C)CC1. The van der Waals surface area contributed by atoms with Gasteiger partial charge in [-0.15, -0.1) is 0 Å². The first-order valence-electron chi connectivity index (χ1n) is 7.07. The molecule has 1 unspecified atom stereocenters. The number of nitrogens with one attached hydrogen (secondary N) is 1. The Bertz CT molecular complexity index is 481. The van der Waals surface area contributed by atoms with Gasteiger partial charge in [-0.1, -0.05) is 0 Å². The highest BCUT2D eigenvalue weighted by Gasteiger charge is 2.24. The van der Waals surface area contributed by atoms with Crippen molar-refractivity contribution in [2.75, 3.05) is 44.3 Å². The van der Waals surface area contributed by atoms with Gasteiger partial charge in [0.05, 0.1) is 6.04 Å². The van der Waals surface area contributed by atoms with Crippen LogP contribution in [0.4, 0.5) is 11.4 Å². The van der Waals surface area contributed by atoms with Gasteiger partial charge in [0.15, 0.2) is 0 Å². The Morgan fingerprint density at radius 2 is 1.95 bits per heavy atom. The summed E-state index contributed by atoms with van der Waals surface area (Å²) in [5, 5.41) is 3.00. The standard InChI is InChI=1S/C15H24N4O/c1-11-10-13(16)4-5-14(11)17-15(20)12(2)19-8-6-18(3)7-9-19/h4-5,10,12H,6-9,16H2,1-3H3,(H,17,20). The Hall–Kier alpha value is -1.59. The zero-order valence-electron chi connectivity index (χ0n) is 12.5. The third-order valence-electron chi connectivity index (χ3n) is 3.97. The van der Waals surface area contributed by atoms with Crippen molar-refractivity contribution >= 4 is 17.3 Å². The molecule has 1 aromatic rings. The van der Waals surface area contributed by atoms with Crippen LogP contribution in [0.3, 0.4) is 0 Å². The summed E-state index contributed by atoms with van der Waals surface area (Å²) in [7, 11) is 2.11. The van der Waals surface area contributed by atoms with Crippen LogP contribution >= 0.6 is 0 Å². The summed E-state index contributed by atoms with van der Waals surface area (Å²) in [6.45, 7) is 7.81. The van der Waals surface area contributed by atoms with Crippen LogP contribution in [0.15, 0.2) is 18.2 Å². The molecule has 20 heavy (non-hydrogen) atoms. The van der Waals surface area contributed by atoms with E-state index in [0.717, 1.165) is 37.4 Å². The van der Waals surface area contributed by atoms with Gasteiger partial charge in [-0.3, -0.25) is 9.69 Å². The van der Waals surface area contributed by atoms with Gasteiger partial charge in [0.25, 0.3) is 0 Å². The maximum atomic E-state index is 12.3. The van der Waals surface area contributed by atoms with E-state index in [0.29, 0.717) is 5.69 Å². The molecule has 3 N–H and O–H groups in total. The van der Waals surface area contributed by atoms with Crippen molar-refractivity contribution in [2.45, 2.75) is 19.9 Å². The topological polar surface area (TPSA) is 61.6 Å². The molecule has 1 heterocycles. The maximum absolute atomic E-state index is 12.3. The monoisotopic (exact) mass is 276 g/mol. The lowest BCUT2D eigenvalue weighted by Crippen LogP contribution is -2.51. The van der Waals surface area contributed by atoms with Crippen LogP contribution < -0.4 is 11.1 Å². The smallest absolute Gasteiger partial charge is 0.241 e. The molecule has 0 saturated carbocycles. The number of nitrogens with zero attached hydrogens (tertiary/aromatic N) is 2. The molecular weight excluding hydrogens is 252 g/mol. The summed E-state index contributed by atoms with van der Waals surface area (Å²) in [5.41, 5.74) is 8.27. The number of nitrogen functional groups attached to an aromatic ring is 1. The van der Waals surface area contributed by atoms with E-state index in [1.165, 1.54) is 0 Å². The van der Waals surface area contributed by atoms with Gasteiger partial charge in [-0.2, -0.15) is 0 Å². The molecule has 1 aromatic carbocycles. The summed E-state index contributed by atoms with van der Waals surface area (Å²) in [4.78, 5) is 16.8. The minimum atomic E-state index is -0.111. The third kappa shape index (κ3) is 3.49. The minimum Gasteiger partial charge on any atom is -0.399 e. The van der Waals surface area contributed by atoms with Gasteiger partial charge in [-0.05, 0) is 44.7 Å². The quantitative estimate of drug-likeness (QED) is 0.813. The summed E-state index contributed by atoms with van der Waals surface area (Å²) >= 11 is 0. The van der Waals surface area contributed by atoms with E-state index in [2.05, 4.69) is 22.2 Å². The van der Waals surface area contributed by atoms with Gasteiger partial charge in [0.1, 0.15) is 0 Å². The molecule has 1 atom stereocenters. The lowest BCUT2D eigenvalue weighted by Gasteiger charge is -2.35. The van der Waals surface area contributed by atoms with Gasteiger partial charge in [0, 0.05) is 37.6 Å². The average Bonchev–Trinajstić information content (AvgIpc) is 2.42. The van der Waals surface area contributed by atoms with Crippen molar-refractivity contribution in [2.24, 2.45) is 0 Å². The molecule has 1 aliphatic rings. The number of carbonyl (C=O) groups excluding carboxylic acids is 1. The number of hydrogen-bond acceptors (Lipinski definition) is 4. The van der Waals surface area contributed by atoms with Gasteiger partial charge in [-0.25, -0.2) is 0 Å². The minimum absolute atomic E-state index is 0.0439. The van der Waals surface area contributed by atoms with E-state index in [1.54, 1.807) is 0 Å². The molecule has 1 aliphatic heterocycles. The molecule has 2 rings (SSSR count). The number of carbonyl (C=O) groups is 1. The first-order valence-corrected chi connectivity index (χ1v) is 7.07. The zero-order chi connectivity index (χ0) is 14.7. The van der Waals surface area contributed by atoms with Crippen LogP contribution in [0.1, 0.15) is 12.5 Å². The van der Waals surface area contributed by atoms with Gasteiger partial charge in [0.2, 0.25) is 5.91 Å². The number of nitrogens with two attached hydrogens (primary N) is 1. The Labute approximate surface area is 120 Å². The van der Waals surface area contributed by atoms with Crippen molar-refractivity contribution in [1.82, 2.24) is 9.80 Å². The van der Waals surface area contributed by atoms with E-state index >= 15 is 0 Å². The number of likely N-dealkylation sites (N-methyl/N-ethyl adjacent to an activating group) is 1. The predicted octanol–water partition coefficient (Wildman–Crippen LogP) is 1.15. The number of rotatable bonds is 3. The first kappa shape index (κ1) is 14.8. The average molecular weight is 276 g/mol. The van der Waals surface area contributed by atoms with Crippen LogP contribution in [0.2, 0.25) is 0 Å². The maximum Gasteiger partial charge on any atom is 0.241 e. The van der Waals surface area contributed by atoms with Crippen molar-refractivity contribution in [3.05, 3.63) is 23.8 Å². The lowest BCUT2D eigenvalue weighted by molar-refractivity contribution is -0.121. The third-order valence-corrected chi connectivity index (χ3v) is 3.97. The van der Waals surface area contributed by atoms with E-state index in [4.69, 9.17) is 5.73 Å². The molecule has 1 amide bonds. The number of amides is 1. The summed E-state index contributed by atoms with van der Waals surface area (Å²) in [5.74, 6) is 0.0439. The Morgan fingerprint density at radius 1 is 1.30 bits per heavy atom. The summed E-state index contributed by atoms with van der Waals surface area (Å²) in [6.07, 6.45) is 0.